The summed E-state index contributed by atoms with van der Waals surface area (Å²) in [5, 5.41) is 0.992. The number of nitrogens with zero attached hydrogens (tertiary/aromatic N) is 1. The molecule has 0 aliphatic rings. The Labute approximate surface area is 142 Å². The van der Waals surface area contributed by atoms with Crippen molar-refractivity contribution in [2.45, 2.75) is 13.3 Å². The Balaban J connectivity index is 1.87. The number of rotatable bonds is 6. The molecule has 0 aliphatic carbocycles. The van der Waals surface area contributed by atoms with Crippen LogP contribution in [0.15, 0.2) is 54.7 Å². The van der Waals surface area contributed by atoms with Gasteiger partial charge in [-0.3, -0.25) is 0 Å². The molecule has 0 radical (unpaired) electrons. The average Bonchev–Trinajstić information content (AvgIpc) is 3.04. The van der Waals surface area contributed by atoms with Crippen LogP contribution in [0.1, 0.15) is 22.8 Å². The molecule has 0 unspecified atom stereocenters. The lowest BCUT2D eigenvalue weighted by atomic mass is 10.1. The number of carbonyl (C=O) groups is 1. The second-order valence-electron chi connectivity index (χ2n) is 5.89. The molecule has 1 heterocycles. The van der Waals surface area contributed by atoms with Crippen molar-refractivity contribution in [3.8, 4) is 5.75 Å². The first kappa shape index (κ1) is 16.3. The Morgan fingerprint density at radius 3 is 2.67 bits per heavy atom. The standard InChI is InChI=1S/C20H22N2O2/c1-3-22(2)13-12-16-14-21-17-10-7-11-18(19(16)17)24-20(23)15-8-5-4-6-9-15/h4-11,14,21H,3,12-13H2,1-2H3. The summed E-state index contributed by atoms with van der Waals surface area (Å²) >= 11 is 0. The third kappa shape index (κ3) is 3.49. The summed E-state index contributed by atoms with van der Waals surface area (Å²) in [5.74, 6) is 0.276. The van der Waals surface area contributed by atoms with Gasteiger partial charge in [0.2, 0.25) is 0 Å². The van der Waals surface area contributed by atoms with E-state index in [1.807, 2.05) is 42.6 Å². The van der Waals surface area contributed by atoms with Gasteiger partial charge in [0.25, 0.3) is 0 Å². The minimum absolute atomic E-state index is 0.332. The van der Waals surface area contributed by atoms with Gasteiger partial charge in [-0.05, 0) is 49.8 Å². The molecule has 1 aromatic heterocycles. The predicted molar refractivity (Wildman–Crippen MR) is 96.6 cm³/mol. The van der Waals surface area contributed by atoms with Crippen LogP contribution in [-0.2, 0) is 6.42 Å². The maximum absolute atomic E-state index is 12.4. The lowest BCUT2D eigenvalue weighted by Gasteiger charge is -2.13. The van der Waals surface area contributed by atoms with E-state index >= 15 is 0 Å². The minimum Gasteiger partial charge on any atom is -0.422 e. The van der Waals surface area contributed by atoms with E-state index in [2.05, 4.69) is 23.9 Å². The van der Waals surface area contributed by atoms with Crippen molar-refractivity contribution in [2.75, 3.05) is 20.1 Å². The van der Waals surface area contributed by atoms with Crippen molar-refractivity contribution in [2.24, 2.45) is 0 Å². The summed E-state index contributed by atoms with van der Waals surface area (Å²) in [4.78, 5) is 17.9. The lowest BCUT2D eigenvalue weighted by Crippen LogP contribution is -2.20. The minimum atomic E-state index is -0.332. The monoisotopic (exact) mass is 322 g/mol. The number of hydrogen-bond acceptors (Lipinski definition) is 3. The maximum atomic E-state index is 12.4. The molecule has 4 heteroatoms. The molecule has 0 fully saturated rings. The Kier molecular flexibility index (Phi) is 4.96. The van der Waals surface area contributed by atoms with Crippen LogP contribution < -0.4 is 4.74 Å². The molecule has 0 bridgehead atoms. The van der Waals surface area contributed by atoms with Gasteiger partial charge in [-0.1, -0.05) is 31.2 Å². The van der Waals surface area contributed by atoms with E-state index in [0.29, 0.717) is 11.3 Å². The van der Waals surface area contributed by atoms with Gasteiger partial charge >= 0.3 is 5.97 Å². The number of ether oxygens (including phenoxy) is 1. The molecule has 3 rings (SSSR count). The van der Waals surface area contributed by atoms with Crippen molar-refractivity contribution >= 4 is 16.9 Å². The fourth-order valence-electron chi connectivity index (χ4n) is 2.70. The molecule has 1 N–H and O–H groups in total. The smallest absolute Gasteiger partial charge is 0.343 e. The number of aromatic amines is 1. The molecule has 3 aromatic rings. The van der Waals surface area contributed by atoms with Crippen LogP contribution in [0.25, 0.3) is 10.9 Å². The number of carbonyl (C=O) groups excluding carboxylic acids is 1. The lowest BCUT2D eigenvalue weighted by molar-refractivity contribution is 0.0737. The average molecular weight is 322 g/mol. The van der Waals surface area contributed by atoms with E-state index in [4.69, 9.17) is 4.74 Å². The van der Waals surface area contributed by atoms with Crippen LogP contribution in [-0.4, -0.2) is 36.0 Å². The topological polar surface area (TPSA) is 45.3 Å². The van der Waals surface area contributed by atoms with Crippen LogP contribution in [0, 0.1) is 0 Å². The summed E-state index contributed by atoms with van der Waals surface area (Å²) in [5.41, 5.74) is 2.71. The molecule has 4 nitrogen and oxygen atoms in total. The van der Waals surface area contributed by atoms with E-state index in [0.717, 1.165) is 30.4 Å². The molecular formula is C20H22N2O2. The zero-order chi connectivity index (χ0) is 16.9. The fraction of sp³-hybridized carbons (Fsp3) is 0.250. The number of likely N-dealkylation sites (N-methyl/N-ethyl adjacent to an activating group) is 1. The highest BCUT2D eigenvalue weighted by Crippen LogP contribution is 2.29. The number of hydrogen-bond donors (Lipinski definition) is 1. The summed E-state index contributed by atoms with van der Waals surface area (Å²) in [7, 11) is 2.10. The molecule has 24 heavy (non-hydrogen) atoms. The van der Waals surface area contributed by atoms with Crippen molar-refractivity contribution in [3.63, 3.8) is 0 Å². The van der Waals surface area contributed by atoms with Crippen LogP contribution in [0.5, 0.6) is 5.75 Å². The van der Waals surface area contributed by atoms with Crippen molar-refractivity contribution < 1.29 is 9.53 Å². The van der Waals surface area contributed by atoms with Crippen molar-refractivity contribution in [3.05, 3.63) is 65.9 Å². The van der Waals surface area contributed by atoms with Gasteiger partial charge in [-0.15, -0.1) is 0 Å². The first-order chi connectivity index (χ1) is 11.7. The normalized spacial score (nSPS) is 11.1. The zero-order valence-corrected chi connectivity index (χ0v) is 14.1. The van der Waals surface area contributed by atoms with E-state index in [-0.39, 0.29) is 5.97 Å². The second kappa shape index (κ2) is 7.32. The first-order valence-electron chi connectivity index (χ1n) is 8.23. The molecule has 0 amide bonds. The van der Waals surface area contributed by atoms with Gasteiger partial charge in [-0.25, -0.2) is 4.79 Å². The fourth-order valence-corrected chi connectivity index (χ4v) is 2.70. The van der Waals surface area contributed by atoms with Gasteiger partial charge in [0, 0.05) is 23.6 Å². The second-order valence-corrected chi connectivity index (χ2v) is 5.89. The van der Waals surface area contributed by atoms with E-state index < -0.39 is 0 Å². The van der Waals surface area contributed by atoms with Gasteiger partial charge in [-0.2, -0.15) is 0 Å². The molecular weight excluding hydrogens is 300 g/mol. The quantitative estimate of drug-likeness (QED) is 0.553. The summed E-state index contributed by atoms with van der Waals surface area (Å²) in [6.07, 6.45) is 2.91. The van der Waals surface area contributed by atoms with Gasteiger partial charge in [0.05, 0.1) is 5.56 Å². The van der Waals surface area contributed by atoms with Crippen molar-refractivity contribution in [1.82, 2.24) is 9.88 Å². The zero-order valence-electron chi connectivity index (χ0n) is 14.1. The molecule has 0 aliphatic heterocycles. The number of H-pyrrole nitrogens is 1. The SMILES string of the molecule is CCN(C)CCc1c[nH]c2cccc(OC(=O)c3ccccc3)c12. The highest BCUT2D eigenvalue weighted by Gasteiger charge is 2.14. The van der Waals surface area contributed by atoms with Crippen LogP contribution in [0.2, 0.25) is 0 Å². The predicted octanol–water partition coefficient (Wildman–Crippen LogP) is 3.88. The van der Waals surface area contributed by atoms with Crippen molar-refractivity contribution in [1.29, 1.82) is 0 Å². The first-order valence-corrected chi connectivity index (χ1v) is 8.23. The van der Waals surface area contributed by atoms with Crippen LogP contribution in [0.4, 0.5) is 0 Å². The highest BCUT2D eigenvalue weighted by atomic mass is 16.5. The number of fused-ring (bicyclic) bond motifs is 1. The Morgan fingerprint density at radius 1 is 1.12 bits per heavy atom. The molecule has 0 atom stereocenters. The molecule has 2 aromatic carbocycles. The summed E-state index contributed by atoms with van der Waals surface area (Å²) in [6, 6.07) is 14.8. The highest BCUT2D eigenvalue weighted by molar-refractivity contribution is 5.96. The third-order valence-electron chi connectivity index (χ3n) is 4.26. The van der Waals surface area contributed by atoms with Gasteiger partial charge in [0.1, 0.15) is 5.75 Å². The van der Waals surface area contributed by atoms with Crippen LogP contribution >= 0.6 is 0 Å². The van der Waals surface area contributed by atoms with Gasteiger partial charge in [0.15, 0.2) is 0 Å². The molecule has 0 spiro atoms. The third-order valence-corrected chi connectivity index (χ3v) is 4.26. The Hall–Kier alpha value is -2.59. The van der Waals surface area contributed by atoms with Crippen LogP contribution in [0.3, 0.4) is 0 Å². The largest absolute Gasteiger partial charge is 0.422 e. The Morgan fingerprint density at radius 2 is 1.92 bits per heavy atom. The number of esters is 1. The number of benzene rings is 2. The molecule has 0 saturated heterocycles. The van der Waals surface area contributed by atoms with E-state index in [1.165, 1.54) is 5.56 Å². The summed E-state index contributed by atoms with van der Waals surface area (Å²) < 4.78 is 5.67. The Bertz CT molecular complexity index is 824. The molecule has 0 saturated carbocycles. The van der Waals surface area contributed by atoms with E-state index in [1.54, 1.807) is 12.1 Å². The van der Waals surface area contributed by atoms with E-state index in [9.17, 15) is 4.79 Å². The number of nitrogens with one attached hydrogen (secondary N) is 1. The number of aromatic nitrogens is 1. The maximum Gasteiger partial charge on any atom is 0.343 e. The molecule has 124 valence electrons. The summed E-state index contributed by atoms with van der Waals surface area (Å²) in [6.45, 7) is 4.12. The van der Waals surface area contributed by atoms with Gasteiger partial charge < -0.3 is 14.6 Å².